The molecule has 0 N–H and O–H groups in total. The molecule has 3 rings (SSSR count). The monoisotopic (exact) mass is 344 g/mol. The maximum absolute atomic E-state index is 9.43. The molecular formula is C21H16N2OS. The molecule has 3 nitrogen and oxygen atoms in total. The summed E-state index contributed by atoms with van der Waals surface area (Å²) in [5, 5.41) is 12.1. The van der Waals surface area contributed by atoms with Crippen LogP contribution in [0.4, 0.5) is 0 Å². The van der Waals surface area contributed by atoms with Gasteiger partial charge in [-0.1, -0.05) is 54.6 Å². The van der Waals surface area contributed by atoms with Crippen LogP contribution < -0.4 is 4.74 Å². The fourth-order valence-electron chi connectivity index (χ4n) is 2.29. The van der Waals surface area contributed by atoms with E-state index in [9.17, 15) is 5.26 Å². The van der Waals surface area contributed by atoms with Crippen molar-refractivity contribution in [1.29, 1.82) is 5.26 Å². The number of allylic oxidation sites excluding steroid dienone is 3. The molecule has 0 atom stereocenters. The molecule has 0 spiro atoms. The average Bonchev–Trinajstić information content (AvgIpc) is 3.16. The van der Waals surface area contributed by atoms with Gasteiger partial charge in [-0.3, -0.25) is 0 Å². The van der Waals surface area contributed by atoms with Gasteiger partial charge in [0.05, 0.1) is 18.4 Å². The Morgan fingerprint density at radius 3 is 2.76 bits per heavy atom. The second-order valence-electron chi connectivity index (χ2n) is 5.23. The fourth-order valence-corrected chi connectivity index (χ4v) is 3.09. The third-order valence-corrected chi connectivity index (χ3v) is 4.45. The lowest BCUT2D eigenvalue weighted by Gasteiger charge is -2.01. The van der Waals surface area contributed by atoms with E-state index in [1.165, 1.54) is 11.3 Å². The normalized spacial score (nSPS) is 11.4. The molecule has 122 valence electrons. The molecule has 0 unspecified atom stereocenters. The van der Waals surface area contributed by atoms with Crippen LogP contribution in [0, 0.1) is 11.3 Å². The van der Waals surface area contributed by atoms with Gasteiger partial charge in [-0.15, -0.1) is 11.3 Å². The number of hydrogen-bond acceptors (Lipinski definition) is 4. The summed E-state index contributed by atoms with van der Waals surface area (Å²) in [6.45, 7) is 0. The molecule has 1 heterocycles. The fraction of sp³-hybridized carbons (Fsp3) is 0.0476. The summed E-state index contributed by atoms with van der Waals surface area (Å²) in [6.07, 6.45) is 5.63. The van der Waals surface area contributed by atoms with Gasteiger partial charge in [-0.2, -0.15) is 5.26 Å². The standard InChI is InChI=1S/C21H16N2OS/c1-24-19-12-6-10-17(13-19)20-15-25-21(23-20)18(14-22)11-5-9-16-7-3-2-4-8-16/h2-13,15H,1H3. The molecule has 0 saturated carbocycles. The lowest BCUT2D eigenvalue weighted by atomic mass is 10.1. The number of aromatic nitrogens is 1. The second-order valence-corrected chi connectivity index (χ2v) is 6.09. The Bertz CT molecular complexity index is 949. The van der Waals surface area contributed by atoms with Gasteiger partial charge < -0.3 is 4.74 Å². The predicted octanol–water partition coefficient (Wildman–Crippen LogP) is 5.44. The van der Waals surface area contributed by atoms with Gasteiger partial charge >= 0.3 is 0 Å². The zero-order chi connectivity index (χ0) is 17.5. The van der Waals surface area contributed by atoms with Crippen molar-refractivity contribution in [3.8, 4) is 23.1 Å². The number of thiazole rings is 1. The summed E-state index contributed by atoms with van der Waals surface area (Å²) in [7, 11) is 1.64. The van der Waals surface area contributed by atoms with Gasteiger partial charge in [0.25, 0.3) is 0 Å². The molecule has 25 heavy (non-hydrogen) atoms. The number of methoxy groups -OCH3 is 1. The minimum Gasteiger partial charge on any atom is -0.497 e. The molecule has 0 aliphatic rings. The van der Waals surface area contributed by atoms with Gasteiger partial charge in [0, 0.05) is 10.9 Å². The van der Waals surface area contributed by atoms with Crippen molar-refractivity contribution in [2.75, 3.05) is 7.11 Å². The molecule has 0 aliphatic carbocycles. The Labute approximate surface area is 151 Å². The Morgan fingerprint density at radius 1 is 1.16 bits per heavy atom. The third kappa shape index (κ3) is 4.23. The van der Waals surface area contributed by atoms with E-state index >= 15 is 0 Å². The zero-order valence-electron chi connectivity index (χ0n) is 13.7. The van der Waals surface area contributed by atoms with E-state index < -0.39 is 0 Å². The summed E-state index contributed by atoms with van der Waals surface area (Å²) in [6, 6.07) is 19.9. The van der Waals surface area contributed by atoms with E-state index in [0.29, 0.717) is 10.6 Å². The van der Waals surface area contributed by atoms with E-state index in [4.69, 9.17) is 4.74 Å². The molecule has 2 aromatic carbocycles. The highest BCUT2D eigenvalue weighted by molar-refractivity contribution is 7.11. The zero-order valence-corrected chi connectivity index (χ0v) is 14.5. The van der Waals surface area contributed by atoms with Crippen LogP contribution in [0.25, 0.3) is 22.9 Å². The molecular weight excluding hydrogens is 328 g/mol. The summed E-state index contributed by atoms with van der Waals surface area (Å²) >= 11 is 1.46. The van der Waals surface area contributed by atoms with E-state index in [2.05, 4.69) is 11.1 Å². The molecule has 0 bridgehead atoms. The number of hydrogen-bond donors (Lipinski definition) is 0. The number of benzene rings is 2. The van der Waals surface area contributed by atoms with E-state index in [1.807, 2.05) is 72.1 Å². The van der Waals surface area contributed by atoms with Crippen molar-refractivity contribution in [3.63, 3.8) is 0 Å². The predicted molar refractivity (Wildman–Crippen MR) is 103 cm³/mol. The summed E-state index contributed by atoms with van der Waals surface area (Å²) in [5.41, 5.74) is 3.45. The second kappa shape index (κ2) is 8.09. The van der Waals surface area contributed by atoms with Crippen LogP contribution in [-0.4, -0.2) is 12.1 Å². The summed E-state index contributed by atoms with van der Waals surface area (Å²) in [4.78, 5) is 4.59. The van der Waals surface area contributed by atoms with Crippen LogP contribution in [0.1, 0.15) is 10.6 Å². The van der Waals surface area contributed by atoms with Gasteiger partial charge in [0.15, 0.2) is 0 Å². The molecule has 4 heteroatoms. The first-order valence-electron chi connectivity index (χ1n) is 7.74. The van der Waals surface area contributed by atoms with E-state index in [-0.39, 0.29) is 0 Å². The van der Waals surface area contributed by atoms with Gasteiger partial charge in [-0.25, -0.2) is 4.98 Å². The maximum atomic E-state index is 9.43. The van der Waals surface area contributed by atoms with Crippen LogP contribution in [0.2, 0.25) is 0 Å². The van der Waals surface area contributed by atoms with Crippen LogP contribution in [0.3, 0.4) is 0 Å². The lowest BCUT2D eigenvalue weighted by Crippen LogP contribution is -1.85. The smallest absolute Gasteiger partial charge is 0.134 e. The highest BCUT2D eigenvalue weighted by Gasteiger charge is 2.08. The molecule has 3 aromatic rings. The van der Waals surface area contributed by atoms with Gasteiger partial charge in [0.2, 0.25) is 0 Å². The van der Waals surface area contributed by atoms with Crippen molar-refractivity contribution in [2.24, 2.45) is 0 Å². The molecule has 0 amide bonds. The highest BCUT2D eigenvalue weighted by atomic mass is 32.1. The first-order chi connectivity index (χ1) is 12.3. The number of nitriles is 1. The summed E-state index contributed by atoms with van der Waals surface area (Å²) in [5.74, 6) is 0.786. The molecule has 0 fully saturated rings. The van der Waals surface area contributed by atoms with Crippen molar-refractivity contribution in [2.45, 2.75) is 0 Å². The number of ether oxygens (including phenoxy) is 1. The maximum Gasteiger partial charge on any atom is 0.134 e. The highest BCUT2D eigenvalue weighted by Crippen LogP contribution is 2.28. The van der Waals surface area contributed by atoms with Gasteiger partial charge in [0.1, 0.15) is 16.8 Å². The van der Waals surface area contributed by atoms with Crippen LogP contribution in [-0.2, 0) is 0 Å². The Morgan fingerprint density at radius 2 is 2.00 bits per heavy atom. The molecule has 0 saturated heterocycles. The Kier molecular flexibility index (Phi) is 5.40. The first kappa shape index (κ1) is 16.7. The van der Waals surface area contributed by atoms with Crippen molar-refractivity contribution >= 4 is 23.0 Å². The SMILES string of the molecule is COc1cccc(-c2csc(C(C#N)=CC=Cc3ccccc3)n2)c1. The van der Waals surface area contributed by atoms with Crippen molar-refractivity contribution < 1.29 is 4.74 Å². The minimum absolute atomic E-state index is 0.548. The van der Waals surface area contributed by atoms with Crippen LogP contribution >= 0.6 is 11.3 Å². The van der Waals surface area contributed by atoms with Crippen molar-refractivity contribution in [3.05, 3.63) is 82.7 Å². The third-order valence-electron chi connectivity index (χ3n) is 3.57. The Balaban J connectivity index is 1.83. The molecule has 0 aliphatic heterocycles. The minimum atomic E-state index is 0.548. The lowest BCUT2D eigenvalue weighted by molar-refractivity contribution is 0.415. The number of nitrogens with zero attached hydrogens (tertiary/aromatic N) is 2. The largest absolute Gasteiger partial charge is 0.497 e. The Hall–Kier alpha value is -3.16. The topological polar surface area (TPSA) is 45.9 Å². The van der Waals surface area contributed by atoms with E-state index in [0.717, 1.165) is 22.6 Å². The first-order valence-corrected chi connectivity index (χ1v) is 8.62. The van der Waals surface area contributed by atoms with Crippen LogP contribution in [0.15, 0.2) is 72.1 Å². The van der Waals surface area contributed by atoms with Crippen molar-refractivity contribution in [1.82, 2.24) is 4.98 Å². The summed E-state index contributed by atoms with van der Waals surface area (Å²) < 4.78 is 5.25. The molecule has 1 aromatic heterocycles. The molecule has 0 radical (unpaired) electrons. The van der Waals surface area contributed by atoms with E-state index in [1.54, 1.807) is 13.2 Å². The number of rotatable bonds is 5. The van der Waals surface area contributed by atoms with Gasteiger partial charge in [-0.05, 0) is 23.8 Å². The average molecular weight is 344 g/mol. The van der Waals surface area contributed by atoms with Crippen LogP contribution in [0.5, 0.6) is 5.75 Å². The quantitative estimate of drug-likeness (QED) is 0.457.